The van der Waals surface area contributed by atoms with Gasteiger partial charge < -0.3 is 5.73 Å². The Bertz CT molecular complexity index is 474. The highest BCUT2D eigenvalue weighted by Gasteiger charge is 2.10. The number of benzene rings is 1. The largest absolute Gasteiger partial charge is 0.399 e. The van der Waals surface area contributed by atoms with Crippen molar-refractivity contribution in [2.45, 2.75) is 26.2 Å². The van der Waals surface area contributed by atoms with Gasteiger partial charge in [0.2, 0.25) is 0 Å². The highest BCUT2D eigenvalue weighted by atomic mass is 15.1. The van der Waals surface area contributed by atoms with E-state index in [2.05, 4.69) is 30.1 Å². The lowest BCUT2D eigenvalue weighted by Crippen LogP contribution is -2.01. The number of nitrogens with one attached hydrogen (secondary N) is 1. The predicted octanol–water partition coefficient (Wildman–Crippen LogP) is 2.65. The first-order chi connectivity index (χ1) is 7.66. The van der Waals surface area contributed by atoms with Gasteiger partial charge in [-0.05, 0) is 42.5 Å². The van der Waals surface area contributed by atoms with Gasteiger partial charge in [-0.3, -0.25) is 5.10 Å². The zero-order valence-corrected chi connectivity index (χ0v) is 9.70. The Morgan fingerprint density at radius 3 is 2.88 bits per heavy atom. The number of nitrogens with zero attached hydrogens (tertiary/aromatic N) is 1. The average Bonchev–Trinajstić information content (AvgIpc) is 2.64. The molecule has 3 N–H and O–H groups in total. The highest BCUT2D eigenvalue weighted by molar-refractivity contribution is 5.42. The minimum atomic E-state index is 0.436. The second-order valence-corrected chi connectivity index (χ2v) is 4.29. The summed E-state index contributed by atoms with van der Waals surface area (Å²) in [5.41, 5.74) is 10.2. The van der Waals surface area contributed by atoms with E-state index < -0.39 is 0 Å². The lowest BCUT2D eigenvalue weighted by molar-refractivity contribution is 0.734. The number of aromatic amines is 1. The fourth-order valence-electron chi connectivity index (χ4n) is 1.86. The third-order valence-electron chi connectivity index (χ3n) is 2.92. The Morgan fingerprint density at radius 1 is 1.44 bits per heavy atom. The van der Waals surface area contributed by atoms with Crippen LogP contribution in [0.25, 0.3) is 0 Å². The Balaban J connectivity index is 2.14. The van der Waals surface area contributed by atoms with Crippen LogP contribution in [0.4, 0.5) is 5.69 Å². The first-order valence-electron chi connectivity index (χ1n) is 5.51. The van der Waals surface area contributed by atoms with Crippen molar-refractivity contribution in [1.29, 1.82) is 0 Å². The minimum absolute atomic E-state index is 0.436. The Labute approximate surface area is 95.7 Å². The van der Waals surface area contributed by atoms with Gasteiger partial charge in [-0.25, -0.2) is 0 Å². The molecule has 0 spiro atoms. The molecule has 0 aliphatic carbocycles. The molecular weight excluding hydrogens is 198 g/mol. The van der Waals surface area contributed by atoms with E-state index in [1.54, 1.807) is 0 Å². The molecule has 0 fully saturated rings. The van der Waals surface area contributed by atoms with Crippen LogP contribution in [0, 0.1) is 6.92 Å². The Hall–Kier alpha value is -1.77. The molecule has 16 heavy (non-hydrogen) atoms. The van der Waals surface area contributed by atoms with E-state index in [1.165, 1.54) is 11.1 Å². The molecule has 3 nitrogen and oxygen atoms in total. The molecule has 1 aromatic carbocycles. The molecule has 3 heteroatoms. The Morgan fingerprint density at radius 2 is 2.25 bits per heavy atom. The molecule has 2 rings (SSSR count). The summed E-state index contributed by atoms with van der Waals surface area (Å²) < 4.78 is 0. The van der Waals surface area contributed by atoms with E-state index in [1.807, 2.05) is 24.4 Å². The van der Waals surface area contributed by atoms with Crippen molar-refractivity contribution < 1.29 is 0 Å². The second-order valence-electron chi connectivity index (χ2n) is 4.29. The van der Waals surface area contributed by atoms with Crippen LogP contribution in [0.2, 0.25) is 0 Å². The van der Waals surface area contributed by atoms with E-state index >= 15 is 0 Å². The van der Waals surface area contributed by atoms with Crippen molar-refractivity contribution >= 4 is 5.69 Å². The van der Waals surface area contributed by atoms with Crippen LogP contribution in [0.3, 0.4) is 0 Å². The lowest BCUT2D eigenvalue weighted by Gasteiger charge is -2.11. The SMILES string of the molecule is Cc1c[nH]nc1C[C@@H](C)c1cccc(N)c1. The molecule has 84 valence electrons. The summed E-state index contributed by atoms with van der Waals surface area (Å²) >= 11 is 0. The van der Waals surface area contributed by atoms with E-state index in [-0.39, 0.29) is 0 Å². The normalized spacial score (nSPS) is 12.6. The van der Waals surface area contributed by atoms with Crippen LogP contribution in [0.15, 0.2) is 30.5 Å². The molecule has 0 aliphatic heterocycles. The number of hydrogen-bond donors (Lipinski definition) is 2. The van der Waals surface area contributed by atoms with Crippen molar-refractivity contribution in [2.24, 2.45) is 0 Å². The van der Waals surface area contributed by atoms with Crippen molar-refractivity contribution in [1.82, 2.24) is 10.2 Å². The second kappa shape index (κ2) is 4.39. The third kappa shape index (κ3) is 2.24. The summed E-state index contributed by atoms with van der Waals surface area (Å²) in [6.45, 7) is 4.27. The van der Waals surface area contributed by atoms with Crippen LogP contribution in [0.1, 0.15) is 29.7 Å². The van der Waals surface area contributed by atoms with Crippen LogP contribution in [0.5, 0.6) is 0 Å². The molecule has 1 heterocycles. The van der Waals surface area contributed by atoms with Gasteiger partial charge in [0, 0.05) is 11.9 Å². The number of H-pyrrole nitrogens is 1. The zero-order valence-electron chi connectivity index (χ0n) is 9.70. The van der Waals surface area contributed by atoms with Crippen LogP contribution in [-0.4, -0.2) is 10.2 Å². The van der Waals surface area contributed by atoms with Crippen molar-refractivity contribution in [3.8, 4) is 0 Å². The molecular formula is C13H17N3. The topological polar surface area (TPSA) is 54.7 Å². The van der Waals surface area contributed by atoms with Gasteiger partial charge in [-0.1, -0.05) is 19.1 Å². The first-order valence-corrected chi connectivity index (χ1v) is 5.51. The molecule has 0 radical (unpaired) electrons. The number of nitrogen functional groups attached to an aromatic ring is 1. The summed E-state index contributed by atoms with van der Waals surface area (Å²) in [4.78, 5) is 0. The van der Waals surface area contributed by atoms with E-state index in [0.29, 0.717) is 5.92 Å². The average molecular weight is 215 g/mol. The van der Waals surface area contributed by atoms with Gasteiger partial charge in [0.05, 0.1) is 5.69 Å². The molecule has 0 aliphatic rings. The molecule has 0 unspecified atom stereocenters. The van der Waals surface area contributed by atoms with Gasteiger partial charge in [-0.15, -0.1) is 0 Å². The maximum atomic E-state index is 5.78. The molecule has 0 bridgehead atoms. The Kier molecular flexibility index (Phi) is 2.95. The predicted molar refractivity (Wildman–Crippen MR) is 66.3 cm³/mol. The van der Waals surface area contributed by atoms with Gasteiger partial charge in [0.25, 0.3) is 0 Å². The third-order valence-corrected chi connectivity index (χ3v) is 2.92. The molecule has 0 saturated heterocycles. The van der Waals surface area contributed by atoms with E-state index in [0.717, 1.165) is 17.8 Å². The number of aromatic nitrogens is 2. The summed E-state index contributed by atoms with van der Waals surface area (Å²) in [5, 5.41) is 7.14. The summed E-state index contributed by atoms with van der Waals surface area (Å²) in [7, 11) is 0. The monoisotopic (exact) mass is 215 g/mol. The smallest absolute Gasteiger partial charge is 0.0657 e. The van der Waals surface area contributed by atoms with Gasteiger partial charge >= 0.3 is 0 Å². The van der Waals surface area contributed by atoms with E-state index in [4.69, 9.17) is 5.73 Å². The lowest BCUT2D eigenvalue weighted by atomic mass is 9.95. The van der Waals surface area contributed by atoms with Crippen molar-refractivity contribution in [3.63, 3.8) is 0 Å². The number of hydrogen-bond acceptors (Lipinski definition) is 2. The van der Waals surface area contributed by atoms with Crippen molar-refractivity contribution in [2.75, 3.05) is 5.73 Å². The number of nitrogens with two attached hydrogens (primary N) is 1. The summed E-state index contributed by atoms with van der Waals surface area (Å²) in [6.07, 6.45) is 2.88. The fraction of sp³-hybridized carbons (Fsp3) is 0.308. The van der Waals surface area contributed by atoms with E-state index in [9.17, 15) is 0 Å². The highest BCUT2D eigenvalue weighted by Crippen LogP contribution is 2.22. The number of anilines is 1. The van der Waals surface area contributed by atoms with Gasteiger partial charge in [0.15, 0.2) is 0 Å². The quantitative estimate of drug-likeness (QED) is 0.773. The number of aryl methyl sites for hydroxylation is 1. The molecule has 1 aromatic heterocycles. The summed E-state index contributed by atoms with van der Waals surface area (Å²) in [6, 6.07) is 8.06. The molecule has 0 saturated carbocycles. The number of rotatable bonds is 3. The van der Waals surface area contributed by atoms with Crippen LogP contribution >= 0.6 is 0 Å². The fourth-order valence-corrected chi connectivity index (χ4v) is 1.86. The first kappa shape index (κ1) is 10.7. The zero-order chi connectivity index (χ0) is 11.5. The van der Waals surface area contributed by atoms with Gasteiger partial charge in [-0.2, -0.15) is 5.10 Å². The van der Waals surface area contributed by atoms with Crippen LogP contribution < -0.4 is 5.73 Å². The standard InChI is InChI=1S/C13H17N3/c1-9(6-13-10(2)8-15-16-13)11-4-3-5-12(14)7-11/h3-5,7-9H,6,14H2,1-2H3,(H,15,16)/t9-/m1/s1. The van der Waals surface area contributed by atoms with Gasteiger partial charge in [0.1, 0.15) is 0 Å². The summed E-state index contributed by atoms with van der Waals surface area (Å²) in [5.74, 6) is 0.436. The maximum absolute atomic E-state index is 5.78. The van der Waals surface area contributed by atoms with Crippen LogP contribution in [-0.2, 0) is 6.42 Å². The van der Waals surface area contributed by atoms with Crippen molar-refractivity contribution in [3.05, 3.63) is 47.3 Å². The maximum Gasteiger partial charge on any atom is 0.0657 e. The molecule has 2 aromatic rings. The molecule has 1 atom stereocenters. The minimum Gasteiger partial charge on any atom is -0.399 e. The molecule has 0 amide bonds.